The summed E-state index contributed by atoms with van der Waals surface area (Å²) in [5.41, 5.74) is 4.12. The van der Waals surface area contributed by atoms with E-state index < -0.39 is 11.4 Å². The number of aryl methyl sites for hydroxylation is 1. The Morgan fingerprint density at radius 3 is 2.66 bits per heavy atom. The molecule has 0 spiro atoms. The highest BCUT2D eigenvalue weighted by atomic mass is 19.1. The normalized spacial score (nSPS) is 17.0. The molecule has 0 radical (unpaired) electrons. The molecule has 1 atom stereocenters. The van der Waals surface area contributed by atoms with E-state index in [0.717, 1.165) is 31.4 Å². The van der Waals surface area contributed by atoms with Gasteiger partial charge in [0.05, 0.1) is 12.1 Å². The summed E-state index contributed by atoms with van der Waals surface area (Å²) in [6.45, 7) is 6.10. The third kappa shape index (κ3) is 3.61. The van der Waals surface area contributed by atoms with Gasteiger partial charge in [0.1, 0.15) is 11.4 Å². The Morgan fingerprint density at radius 1 is 1.17 bits per heavy atom. The van der Waals surface area contributed by atoms with Crippen LogP contribution in [0.3, 0.4) is 0 Å². The Kier molecular flexibility index (Phi) is 5.05. The average Bonchev–Trinajstić information content (AvgIpc) is 2.81. The highest BCUT2D eigenvalue weighted by molar-refractivity contribution is 5.86. The summed E-state index contributed by atoms with van der Waals surface area (Å²) in [7, 11) is 2.14. The molecule has 1 aromatic heterocycles. The maximum atomic E-state index is 14.2. The van der Waals surface area contributed by atoms with Crippen molar-refractivity contribution in [2.75, 3.05) is 20.1 Å². The molecule has 0 saturated carbocycles. The van der Waals surface area contributed by atoms with Crippen LogP contribution in [0, 0.1) is 12.7 Å². The molecule has 5 heteroatoms. The Hall–Kier alpha value is -2.50. The standard InChI is InChI=1S/C24H27FN2O2/c1-16-4-7-22-20(12-16)19-8-10-26(3)11-9-23(19)27(22)15-24(2,29)18-6-5-17(14-28)21(25)13-18/h4-7,12-14,29H,8-11,15H2,1-3H3. The Morgan fingerprint density at radius 2 is 1.93 bits per heavy atom. The Balaban J connectivity index is 1.81. The fourth-order valence-corrected chi connectivity index (χ4v) is 4.40. The van der Waals surface area contributed by atoms with Crippen molar-refractivity contribution >= 4 is 17.2 Å². The molecule has 0 aliphatic carbocycles. The molecule has 1 unspecified atom stereocenters. The molecule has 0 saturated heterocycles. The van der Waals surface area contributed by atoms with Gasteiger partial charge in [-0.1, -0.05) is 17.7 Å². The van der Waals surface area contributed by atoms with Gasteiger partial charge in [0.2, 0.25) is 0 Å². The second-order valence-electron chi connectivity index (χ2n) is 8.46. The summed E-state index contributed by atoms with van der Waals surface area (Å²) in [5, 5.41) is 12.5. The number of likely N-dealkylation sites (N-methyl/N-ethyl adjacent to an activating group) is 1. The highest BCUT2D eigenvalue weighted by Crippen LogP contribution is 2.33. The number of nitrogens with zero attached hydrogens (tertiary/aromatic N) is 2. The third-order valence-electron chi connectivity index (χ3n) is 6.13. The predicted molar refractivity (Wildman–Crippen MR) is 113 cm³/mol. The second-order valence-corrected chi connectivity index (χ2v) is 8.46. The lowest BCUT2D eigenvalue weighted by atomic mass is 9.94. The largest absolute Gasteiger partial charge is 0.384 e. The molecule has 1 aliphatic heterocycles. The molecule has 1 N–H and O–H groups in total. The van der Waals surface area contributed by atoms with Crippen molar-refractivity contribution in [1.82, 2.24) is 9.47 Å². The van der Waals surface area contributed by atoms with Crippen LogP contribution in [-0.2, 0) is 25.0 Å². The Labute approximate surface area is 170 Å². The van der Waals surface area contributed by atoms with Gasteiger partial charge in [0.25, 0.3) is 0 Å². The number of aldehydes is 1. The molecular weight excluding hydrogens is 367 g/mol. The third-order valence-corrected chi connectivity index (χ3v) is 6.13. The molecular formula is C24H27FN2O2. The zero-order valence-corrected chi connectivity index (χ0v) is 17.2. The number of halogens is 1. The summed E-state index contributed by atoms with van der Waals surface area (Å²) in [4.78, 5) is 13.3. The monoisotopic (exact) mass is 394 g/mol. The molecule has 0 fully saturated rings. The van der Waals surface area contributed by atoms with Crippen molar-refractivity contribution in [1.29, 1.82) is 0 Å². The maximum absolute atomic E-state index is 14.2. The van der Waals surface area contributed by atoms with Crippen molar-refractivity contribution in [2.45, 2.75) is 38.8 Å². The molecule has 0 amide bonds. The van der Waals surface area contributed by atoms with E-state index in [1.807, 2.05) is 0 Å². The number of rotatable bonds is 4. The molecule has 3 aromatic rings. The van der Waals surface area contributed by atoms with Gasteiger partial charge in [-0.2, -0.15) is 0 Å². The van der Waals surface area contributed by atoms with Crippen LogP contribution in [0.15, 0.2) is 36.4 Å². The first-order valence-electron chi connectivity index (χ1n) is 10.1. The number of carbonyl (C=O) groups excluding carboxylic acids is 1. The summed E-state index contributed by atoms with van der Waals surface area (Å²) in [6.07, 6.45) is 2.38. The van der Waals surface area contributed by atoms with E-state index in [9.17, 15) is 14.3 Å². The van der Waals surface area contributed by atoms with E-state index >= 15 is 0 Å². The molecule has 152 valence electrons. The zero-order chi connectivity index (χ0) is 20.8. The molecule has 1 aliphatic rings. The van der Waals surface area contributed by atoms with Crippen LogP contribution in [0.25, 0.3) is 10.9 Å². The van der Waals surface area contributed by atoms with E-state index in [2.05, 4.69) is 41.6 Å². The van der Waals surface area contributed by atoms with Crippen LogP contribution in [-0.4, -0.2) is 41.0 Å². The predicted octanol–water partition coefficient (Wildman–Crippen LogP) is 3.84. The summed E-state index contributed by atoms with van der Waals surface area (Å²) < 4.78 is 16.4. The van der Waals surface area contributed by atoms with Crippen LogP contribution < -0.4 is 0 Å². The number of hydrogen-bond acceptors (Lipinski definition) is 3. The summed E-state index contributed by atoms with van der Waals surface area (Å²) in [6, 6.07) is 10.8. The van der Waals surface area contributed by atoms with Gasteiger partial charge in [0, 0.05) is 36.1 Å². The first-order chi connectivity index (χ1) is 13.8. The van der Waals surface area contributed by atoms with Gasteiger partial charge in [-0.15, -0.1) is 0 Å². The molecule has 29 heavy (non-hydrogen) atoms. The topological polar surface area (TPSA) is 45.5 Å². The second kappa shape index (κ2) is 7.39. The van der Waals surface area contributed by atoms with Gasteiger partial charge >= 0.3 is 0 Å². The van der Waals surface area contributed by atoms with Crippen molar-refractivity contribution in [3.8, 4) is 0 Å². The van der Waals surface area contributed by atoms with Gasteiger partial charge in [-0.25, -0.2) is 4.39 Å². The van der Waals surface area contributed by atoms with Crippen LogP contribution in [0.2, 0.25) is 0 Å². The number of benzene rings is 2. The van der Waals surface area contributed by atoms with Gasteiger partial charge < -0.3 is 14.6 Å². The lowest BCUT2D eigenvalue weighted by Crippen LogP contribution is -2.29. The molecule has 4 nitrogen and oxygen atoms in total. The molecule has 2 aromatic carbocycles. The zero-order valence-electron chi connectivity index (χ0n) is 17.2. The molecule has 0 bridgehead atoms. The van der Waals surface area contributed by atoms with E-state index in [1.165, 1.54) is 34.3 Å². The number of aliphatic hydroxyl groups is 1. The van der Waals surface area contributed by atoms with E-state index in [0.29, 0.717) is 18.4 Å². The molecule has 4 rings (SSSR count). The smallest absolute Gasteiger partial charge is 0.152 e. The van der Waals surface area contributed by atoms with Crippen LogP contribution in [0.5, 0.6) is 0 Å². The quantitative estimate of drug-likeness (QED) is 0.684. The summed E-state index contributed by atoms with van der Waals surface area (Å²) in [5.74, 6) is -0.605. The van der Waals surface area contributed by atoms with Crippen molar-refractivity contribution in [2.24, 2.45) is 0 Å². The lowest BCUT2D eigenvalue weighted by Gasteiger charge is -2.27. The highest BCUT2D eigenvalue weighted by Gasteiger charge is 2.29. The van der Waals surface area contributed by atoms with Crippen molar-refractivity contribution < 1.29 is 14.3 Å². The van der Waals surface area contributed by atoms with E-state index in [-0.39, 0.29) is 5.56 Å². The fourth-order valence-electron chi connectivity index (χ4n) is 4.40. The first kappa shape index (κ1) is 19.8. The Bertz CT molecular complexity index is 1080. The minimum Gasteiger partial charge on any atom is -0.384 e. The van der Waals surface area contributed by atoms with E-state index in [1.54, 1.807) is 13.0 Å². The number of fused-ring (bicyclic) bond motifs is 3. The van der Waals surface area contributed by atoms with E-state index in [4.69, 9.17) is 0 Å². The number of aromatic nitrogens is 1. The van der Waals surface area contributed by atoms with Crippen molar-refractivity contribution in [3.63, 3.8) is 0 Å². The van der Waals surface area contributed by atoms with Gasteiger partial charge in [-0.05, 0) is 62.7 Å². The fraction of sp³-hybridized carbons (Fsp3) is 0.375. The SMILES string of the molecule is Cc1ccc2c(c1)c1c(n2CC(C)(O)c2ccc(C=O)c(F)c2)CCN(C)CC1. The lowest BCUT2D eigenvalue weighted by molar-refractivity contribution is 0.0384. The maximum Gasteiger partial charge on any atom is 0.152 e. The molecule has 2 heterocycles. The number of hydrogen-bond donors (Lipinski definition) is 1. The first-order valence-corrected chi connectivity index (χ1v) is 10.1. The minimum absolute atomic E-state index is 0.00310. The summed E-state index contributed by atoms with van der Waals surface area (Å²) >= 11 is 0. The average molecular weight is 394 g/mol. The number of carbonyl (C=O) groups is 1. The van der Waals surface area contributed by atoms with Crippen LogP contribution in [0.1, 0.15) is 39.7 Å². The van der Waals surface area contributed by atoms with Gasteiger partial charge in [0.15, 0.2) is 6.29 Å². The van der Waals surface area contributed by atoms with Crippen LogP contribution in [0.4, 0.5) is 4.39 Å². The minimum atomic E-state index is -1.27. The van der Waals surface area contributed by atoms with Crippen LogP contribution >= 0.6 is 0 Å². The van der Waals surface area contributed by atoms with Crippen molar-refractivity contribution in [3.05, 3.63) is 70.2 Å². The van der Waals surface area contributed by atoms with Gasteiger partial charge in [-0.3, -0.25) is 4.79 Å².